The molecule has 0 radical (unpaired) electrons. The molecule has 8 aromatic rings. The summed E-state index contributed by atoms with van der Waals surface area (Å²) in [7, 11) is 0. The molecule has 8 aromatic carbocycles. The van der Waals surface area contributed by atoms with Crippen LogP contribution in [0.5, 0.6) is 46.0 Å². The lowest BCUT2D eigenvalue weighted by molar-refractivity contribution is -0.288. The first kappa shape index (κ1) is 47.7. The molecule has 0 aromatic heterocycles. The van der Waals surface area contributed by atoms with Crippen LogP contribution in [0.15, 0.2) is 194 Å². The van der Waals surface area contributed by atoms with E-state index in [0.29, 0.717) is 34.2 Å². The van der Waals surface area contributed by atoms with Crippen LogP contribution in [-0.2, 0) is 10.8 Å². The van der Waals surface area contributed by atoms with Crippen LogP contribution in [0.3, 0.4) is 0 Å². The van der Waals surface area contributed by atoms with E-state index in [0.717, 1.165) is 71.5 Å². The van der Waals surface area contributed by atoms with Crippen molar-refractivity contribution >= 4 is 22.7 Å². The number of alkyl halides is 6. The van der Waals surface area contributed by atoms with Crippen molar-refractivity contribution in [3.63, 3.8) is 0 Å². The molecule has 0 aliphatic carbocycles. The van der Waals surface area contributed by atoms with Gasteiger partial charge in [0.15, 0.2) is 0 Å². The molecule has 0 aliphatic rings. The summed E-state index contributed by atoms with van der Waals surface area (Å²) in [6, 6.07) is 50.6. The second-order valence-corrected chi connectivity index (χ2v) is 16.2. The number of nitrogens with two attached hydrogens (primary N) is 4. The normalized spacial score (nSPS) is 11.8. The highest BCUT2D eigenvalue weighted by atomic mass is 19.4. The Kier molecular flexibility index (Phi) is 13.8. The van der Waals surface area contributed by atoms with Crippen molar-refractivity contribution in [1.82, 2.24) is 0 Å². The van der Waals surface area contributed by atoms with Gasteiger partial charge in [-0.15, -0.1) is 0 Å². The SMILES string of the molecule is CC(C)(c1ccc(Oc2cccc(N)c2)cc1)c1ccc(Oc2cccc(N)c2)cc1.Nc1ccc(Oc2ccc(C(c3ccc(Oc4ccc(N)cc4)cc3)(C(F)(F)F)C(F)(F)F)cc2)cc1. The Hall–Kier alpha value is -8.26. The number of benzene rings is 8. The van der Waals surface area contributed by atoms with Gasteiger partial charge in [-0.3, -0.25) is 0 Å². The van der Waals surface area contributed by atoms with Gasteiger partial charge in [0.05, 0.1) is 0 Å². The molecular formula is C54H46F6N4O4. The zero-order valence-corrected chi connectivity index (χ0v) is 36.7. The average Bonchev–Trinajstić information content (AvgIpc) is 3.29. The van der Waals surface area contributed by atoms with Crippen LogP contribution in [0, 0.1) is 0 Å². The van der Waals surface area contributed by atoms with Crippen molar-refractivity contribution in [3.05, 3.63) is 216 Å². The van der Waals surface area contributed by atoms with E-state index in [1.54, 1.807) is 24.3 Å². The molecular weight excluding hydrogens is 883 g/mol. The summed E-state index contributed by atoms with van der Waals surface area (Å²) in [5.41, 5.74) is 21.0. The second-order valence-electron chi connectivity index (χ2n) is 16.2. The van der Waals surface area contributed by atoms with Gasteiger partial charge in [-0.1, -0.05) is 74.5 Å². The number of hydrogen-bond donors (Lipinski definition) is 4. The third-order valence-electron chi connectivity index (χ3n) is 11.0. The Morgan fingerprint density at radius 2 is 0.544 bits per heavy atom. The van der Waals surface area contributed by atoms with E-state index in [-0.39, 0.29) is 16.9 Å². The van der Waals surface area contributed by atoms with E-state index in [1.807, 2.05) is 72.8 Å². The quantitative estimate of drug-likeness (QED) is 0.0701. The van der Waals surface area contributed by atoms with Crippen molar-refractivity contribution in [2.45, 2.75) is 37.0 Å². The lowest BCUT2D eigenvalue weighted by atomic mass is 9.73. The van der Waals surface area contributed by atoms with Crippen LogP contribution in [-0.4, -0.2) is 12.4 Å². The zero-order valence-electron chi connectivity index (χ0n) is 36.7. The first-order chi connectivity index (χ1) is 32.3. The van der Waals surface area contributed by atoms with E-state index >= 15 is 0 Å². The molecule has 14 heteroatoms. The summed E-state index contributed by atoms with van der Waals surface area (Å²) in [6.07, 6.45) is -11.4. The summed E-state index contributed by atoms with van der Waals surface area (Å²) >= 11 is 0. The summed E-state index contributed by atoms with van der Waals surface area (Å²) in [5, 5.41) is 0. The van der Waals surface area contributed by atoms with Crippen LogP contribution < -0.4 is 41.9 Å². The summed E-state index contributed by atoms with van der Waals surface area (Å²) in [4.78, 5) is 0. The molecule has 0 spiro atoms. The maximum absolute atomic E-state index is 14.4. The molecule has 8 N–H and O–H groups in total. The van der Waals surface area contributed by atoms with E-state index in [2.05, 4.69) is 38.1 Å². The van der Waals surface area contributed by atoms with Crippen LogP contribution in [0.1, 0.15) is 36.1 Å². The van der Waals surface area contributed by atoms with Crippen molar-refractivity contribution in [2.75, 3.05) is 22.9 Å². The van der Waals surface area contributed by atoms with Crippen molar-refractivity contribution in [1.29, 1.82) is 0 Å². The Balaban J connectivity index is 0.000000204. The Morgan fingerprint density at radius 1 is 0.294 bits per heavy atom. The fourth-order valence-corrected chi connectivity index (χ4v) is 7.35. The standard InChI is InChI=1S/C27H20F6N2O2.C27H26N2O2/c28-26(29,30)25(27(31,32)33,17-1-9-21(10-2-17)36-23-13-5-19(34)6-14-23)18-3-11-22(12-4-18)37-24-15-7-20(35)8-16-24;1-27(2,19-9-13-23(14-10-19)30-25-7-3-5-21(28)17-25)20-11-15-24(16-12-20)31-26-8-4-6-22(29)18-26/h1-16H,34-35H2;3-18H,28-29H2,1-2H3. The molecule has 0 aliphatic heterocycles. The van der Waals surface area contributed by atoms with E-state index in [4.69, 9.17) is 41.9 Å². The number of ether oxygens (including phenoxy) is 4. The topological polar surface area (TPSA) is 141 Å². The molecule has 0 bridgehead atoms. The third kappa shape index (κ3) is 11.0. The van der Waals surface area contributed by atoms with Gasteiger partial charge >= 0.3 is 12.4 Å². The maximum atomic E-state index is 14.4. The van der Waals surface area contributed by atoms with Gasteiger partial charge in [-0.25, -0.2) is 0 Å². The molecule has 0 fully saturated rings. The first-order valence-corrected chi connectivity index (χ1v) is 21.0. The smallest absolute Gasteiger partial charge is 0.411 e. The minimum Gasteiger partial charge on any atom is -0.457 e. The van der Waals surface area contributed by atoms with Gasteiger partial charge in [0, 0.05) is 40.3 Å². The summed E-state index contributed by atoms with van der Waals surface area (Å²) < 4.78 is 109. The van der Waals surface area contributed by atoms with Gasteiger partial charge in [0.2, 0.25) is 5.41 Å². The predicted octanol–water partition coefficient (Wildman–Crippen LogP) is 14.6. The Morgan fingerprint density at radius 3 is 0.809 bits per heavy atom. The Bertz CT molecular complexity index is 2710. The van der Waals surface area contributed by atoms with Crippen LogP contribution in [0.25, 0.3) is 0 Å². The average molecular weight is 929 g/mol. The Labute approximate surface area is 389 Å². The minimum atomic E-state index is -5.72. The molecule has 8 nitrogen and oxygen atoms in total. The lowest BCUT2D eigenvalue weighted by Crippen LogP contribution is -2.54. The third-order valence-corrected chi connectivity index (χ3v) is 11.0. The molecule has 0 atom stereocenters. The van der Waals surface area contributed by atoms with E-state index < -0.39 is 28.9 Å². The maximum Gasteiger partial charge on any atom is 0.411 e. The zero-order chi connectivity index (χ0) is 48.7. The summed E-state index contributed by atoms with van der Waals surface area (Å²) in [5.74, 6) is 3.74. The van der Waals surface area contributed by atoms with Gasteiger partial charge in [0.25, 0.3) is 0 Å². The summed E-state index contributed by atoms with van der Waals surface area (Å²) in [6.45, 7) is 4.41. The molecule has 348 valence electrons. The monoisotopic (exact) mass is 928 g/mol. The number of anilines is 4. The van der Waals surface area contributed by atoms with Crippen molar-refractivity contribution in [3.8, 4) is 46.0 Å². The van der Waals surface area contributed by atoms with Gasteiger partial charge in [-0.05, 0) is 144 Å². The number of rotatable bonds is 12. The molecule has 0 heterocycles. The van der Waals surface area contributed by atoms with Gasteiger partial charge < -0.3 is 41.9 Å². The van der Waals surface area contributed by atoms with E-state index in [9.17, 15) is 26.3 Å². The lowest BCUT2D eigenvalue weighted by Gasteiger charge is -2.38. The van der Waals surface area contributed by atoms with Crippen molar-refractivity contribution in [2.24, 2.45) is 0 Å². The van der Waals surface area contributed by atoms with Crippen molar-refractivity contribution < 1.29 is 45.3 Å². The molecule has 0 saturated carbocycles. The molecule has 8 rings (SSSR count). The molecule has 68 heavy (non-hydrogen) atoms. The van der Waals surface area contributed by atoms with Crippen LogP contribution in [0.4, 0.5) is 49.1 Å². The first-order valence-electron chi connectivity index (χ1n) is 21.0. The number of halogens is 6. The molecule has 0 saturated heterocycles. The minimum absolute atomic E-state index is 0.0546. The predicted molar refractivity (Wildman–Crippen MR) is 254 cm³/mol. The molecule has 0 amide bonds. The fraction of sp³-hybridized carbons (Fsp3) is 0.111. The largest absolute Gasteiger partial charge is 0.457 e. The van der Waals surface area contributed by atoms with Gasteiger partial charge in [0.1, 0.15) is 46.0 Å². The second kappa shape index (κ2) is 19.7. The molecule has 0 unspecified atom stereocenters. The highest BCUT2D eigenvalue weighted by Crippen LogP contribution is 2.56. The van der Waals surface area contributed by atoms with Gasteiger partial charge in [-0.2, -0.15) is 26.3 Å². The fourth-order valence-electron chi connectivity index (χ4n) is 7.35. The number of nitrogen functional groups attached to an aromatic ring is 4. The van der Waals surface area contributed by atoms with E-state index in [1.165, 1.54) is 35.4 Å². The highest BCUT2D eigenvalue weighted by molar-refractivity contribution is 5.51. The van der Waals surface area contributed by atoms with Crippen LogP contribution >= 0.6 is 0 Å². The van der Waals surface area contributed by atoms with Crippen LogP contribution in [0.2, 0.25) is 0 Å². The highest BCUT2D eigenvalue weighted by Gasteiger charge is 2.72. The number of hydrogen-bond acceptors (Lipinski definition) is 8.